The Morgan fingerprint density at radius 2 is 2.23 bits per heavy atom. The molecule has 1 N–H and O–H groups in total. The average Bonchev–Trinajstić information content (AvgIpc) is 2.50. The molecule has 1 rings (SSSR count). The highest BCUT2D eigenvalue weighted by atomic mass is 16.5. The second kappa shape index (κ2) is 4.09. The summed E-state index contributed by atoms with van der Waals surface area (Å²) in [5.74, 6) is 0.644. The number of rotatable bonds is 2. The van der Waals surface area contributed by atoms with Gasteiger partial charge in [-0.05, 0) is 6.42 Å². The molecule has 1 saturated heterocycles. The third-order valence-corrected chi connectivity index (χ3v) is 2.26. The molecule has 1 amide bonds. The largest absolute Gasteiger partial charge is 0.381 e. The van der Waals surface area contributed by atoms with Gasteiger partial charge in [0, 0.05) is 24.5 Å². The van der Waals surface area contributed by atoms with Crippen LogP contribution >= 0.6 is 0 Å². The highest BCUT2D eigenvalue weighted by Crippen LogP contribution is 2.14. The first-order valence-electron chi connectivity index (χ1n) is 4.86. The van der Waals surface area contributed by atoms with Crippen molar-refractivity contribution in [1.82, 2.24) is 5.32 Å². The minimum absolute atomic E-state index is 0.124. The summed E-state index contributed by atoms with van der Waals surface area (Å²) in [6.45, 7) is 8.17. The number of nitrogens with one attached hydrogen (secondary N) is 1. The predicted molar refractivity (Wildman–Crippen MR) is 51.4 cm³/mol. The van der Waals surface area contributed by atoms with E-state index in [0.717, 1.165) is 26.2 Å². The summed E-state index contributed by atoms with van der Waals surface area (Å²) >= 11 is 0. The Bertz CT molecular complexity index is 178. The lowest BCUT2D eigenvalue weighted by Gasteiger charge is -2.19. The highest BCUT2D eigenvalue weighted by molar-refractivity contribution is 5.81. The normalized spacial score (nSPS) is 23.2. The maximum atomic E-state index is 11.5. The third-order valence-electron chi connectivity index (χ3n) is 2.26. The van der Waals surface area contributed by atoms with Crippen LogP contribution in [0.1, 0.15) is 27.2 Å². The van der Waals surface area contributed by atoms with E-state index >= 15 is 0 Å². The molecule has 0 bridgehead atoms. The summed E-state index contributed by atoms with van der Waals surface area (Å²) in [7, 11) is 0. The van der Waals surface area contributed by atoms with E-state index in [-0.39, 0.29) is 11.3 Å². The molecule has 0 spiro atoms. The van der Waals surface area contributed by atoms with Crippen molar-refractivity contribution in [2.75, 3.05) is 19.8 Å². The van der Waals surface area contributed by atoms with Crippen molar-refractivity contribution in [2.45, 2.75) is 27.2 Å². The van der Waals surface area contributed by atoms with Crippen LogP contribution in [-0.4, -0.2) is 25.7 Å². The van der Waals surface area contributed by atoms with E-state index in [1.54, 1.807) is 0 Å². The van der Waals surface area contributed by atoms with Gasteiger partial charge in [0.05, 0.1) is 6.61 Å². The molecule has 76 valence electrons. The van der Waals surface area contributed by atoms with Gasteiger partial charge in [0.1, 0.15) is 0 Å². The molecule has 3 heteroatoms. The van der Waals surface area contributed by atoms with Gasteiger partial charge in [0.15, 0.2) is 0 Å². The fraction of sp³-hybridized carbons (Fsp3) is 0.900. The van der Waals surface area contributed by atoms with Crippen LogP contribution in [0.15, 0.2) is 0 Å². The van der Waals surface area contributed by atoms with Gasteiger partial charge in [0.2, 0.25) is 5.91 Å². The first-order chi connectivity index (χ1) is 6.00. The summed E-state index contributed by atoms with van der Waals surface area (Å²) in [6.07, 6.45) is 1.07. The second-order valence-corrected chi connectivity index (χ2v) is 4.69. The third kappa shape index (κ3) is 3.35. The number of ether oxygens (including phenoxy) is 1. The maximum absolute atomic E-state index is 11.5. The van der Waals surface area contributed by atoms with Crippen molar-refractivity contribution >= 4 is 5.91 Å². The quantitative estimate of drug-likeness (QED) is 0.701. The molecular weight excluding hydrogens is 166 g/mol. The zero-order chi connectivity index (χ0) is 9.90. The van der Waals surface area contributed by atoms with E-state index in [0.29, 0.717) is 5.92 Å². The Balaban J connectivity index is 2.22. The molecule has 0 aromatic heterocycles. The SMILES string of the molecule is CC(C)(C)C(=O)NC[C@@H]1CCOC1. The van der Waals surface area contributed by atoms with E-state index < -0.39 is 0 Å². The number of carbonyl (C=O) groups excluding carboxylic acids is 1. The fourth-order valence-electron chi connectivity index (χ4n) is 1.25. The standard InChI is InChI=1S/C10H19NO2/c1-10(2,3)9(12)11-6-8-4-5-13-7-8/h8H,4-7H2,1-3H3,(H,11,12)/t8-/m0/s1. The molecular formula is C10H19NO2. The predicted octanol–water partition coefficient (Wildman–Crippen LogP) is 1.19. The van der Waals surface area contributed by atoms with Crippen LogP contribution in [0.3, 0.4) is 0 Å². The fourth-order valence-corrected chi connectivity index (χ4v) is 1.25. The van der Waals surface area contributed by atoms with Crippen molar-refractivity contribution in [3.8, 4) is 0 Å². The van der Waals surface area contributed by atoms with E-state index in [1.165, 1.54) is 0 Å². The van der Waals surface area contributed by atoms with E-state index in [2.05, 4.69) is 5.32 Å². The van der Waals surface area contributed by atoms with Crippen molar-refractivity contribution in [3.63, 3.8) is 0 Å². The molecule has 0 aromatic rings. The van der Waals surface area contributed by atoms with Crippen LogP contribution in [0.4, 0.5) is 0 Å². The van der Waals surface area contributed by atoms with Crippen LogP contribution in [0.25, 0.3) is 0 Å². The van der Waals surface area contributed by atoms with Gasteiger partial charge in [-0.1, -0.05) is 20.8 Å². The molecule has 3 nitrogen and oxygen atoms in total. The average molecular weight is 185 g/mol. The molecule has 0 saturated carbocycles. The lowest BCUT2D eigenvalue weighted by Crippen LogP contribution is -2.37. The van der Waals surface area contributed by atoms with Gasteiger partial charge < -0.3 is 10.1 Å². The molecule has 0 aromatic carbocycles. The van der Waals surface area contributed by atoms with Gasteiger partial charge in [0.25, 0.3) is 0 Å². The zero-order valence-electron chi connectivity index (χ0n) is 8.72. The second-order valence-electron chi connectivity index (χ2n) is 4.69. The summed E-state index contributed by atoms with van der Waals surface area (Å²) in [5, 5.41) is 2.95. The van der Waals surface area contributed by atoms with Gasteiger partial charge in [-0.2, -0.15) is 0 Å². The first kappa shape index (κ1) is 10.5. The monoisotopic (exact) mass is 185 g/mol. The number of carbonyl (C=O) groups is 1. The number of amides is 1. The number of hydrogen-bond donors (Lipinski definition) is 1. The van der Waals surface area contributed by atoms with E-state index in [9.17, 15) is 4.79 Å². The zero-order valence-corrected chi connectivity index (χ0v) is 8.72. The Kier molecular flexibility index (Phi) is 3.31. The van der Waals surface area contributed by atoms with Gasteiger partial charge >= 0.3 is 0 Å². The van der Waals surface area contributed by atoms with Gasteiger partial charge in [-0.15, -0.1) is 0 Å². The smallest absolute Gasteiger partial charge is 0.225 e. The summed E-state index contributed by atoms with van der Waals surface area (Å²) in [4.78, 5) is 11.5. The summed E-state index contributed by atoms with van der Waals surface area (Å²) < 4.78 is 5.22. The van der Waals surface area contributed by atoms with Gasteiger partial charge in [-0.3, -0.25) is 4.79 Å². The molecule has 0 aliphatic carbocycles. The minimum Gasteiger partial charge on any atom is -0.381 e. The molecule has 1 aliphatic heterocycles. The van der Waals surface area contributed by atoms with Crippen LogP contribution in [0.2, 0.25) is 0 Å². The lowest BCUT2D eigenvalue weighted by molar-refractivity contribution is -0.128. The molecule has 1 fully saturated rings. The van der Waals surface area contributed by atoms with Crippen LogP contribution in [-0.2, 0) is 9.53 Å². The Morgan fingerprint density at radius 1 is 1.54 bits per heavy atom. The van der Waals surface area contributed by atoms with E-state index in [1.807, 2.05) is 20.8 Å². The Hall–Kier alpha value is -0.570. The molecule has 13 heavy (non-hydrogen) atoms. The topological polar surface area (TPSA) is 38.3 Å². The highest BCUT2D eigenvalue weighted by Gasteiger charge is 2.23. The number of hydrogen-bond acceptors (Lipinski definition) is 2. The summed E-state index contributed by atoms with van der Waals surface area (Å²) in [5.41, 5.74) is -0.278. The molecule has 0 radical (unpaired) electrons. The Morgan fingerprint density at radius 3 is 2.69 bits per heavy atom. The van der Waals surface area contributed by atoms with Crippen LogP contribution in [0.5, 0.6) is 0 Å². The van der Waals surface area contributed by atoms with Gasteiger partial charge in [-0.25, -0.2) is 0 Å². The van der Waals surface area contributed by atoms with Crippen LogP contribution in [0, 0.1) is 11.3 Å². The molecule has 1 heterocycles. The molecule has 1 aliphatic rings. The van der Waals surface area contributed by atoms with Crippen molar-refractivity contribution in [1.29, 1.82) is 0 Å². The maximum Gasteiger partial charge on any atom is 0.225 e. The van der Waals surface area contributed by atoms with Crippen molar-refractivity contribution in [3.05, 3.63) is 0 Å². The van der Waals surface area contributed by atoms with Crippen molar-refractivity contribution in [2.24, 2.45) is 11.3 Å². The Labute approximate surface area is 79.8 Å². The molecule has 0 unspecified atom stereocenters. The summed E-state index contributed by atoms with van der Waals surface area (Å²) in [6, 6.07) is 0. The van der Waals surface area contributed by atoms with Crippen LogP contribution < -0.4 is 5.32 Å². The minimum atomic E-state index is -0.278. The first-order valence-corrected chi connectivity index (χ1v) is 4.86. The van der Waals surface area contributed by atoms with E-state index in [4.69, 9.17) is 4.74 Å². The lowest BCUT2D eigenvalue weighted by atomic mass is 9.95. The molecule has 1 atom stereocenters. The van der Waals surface area contributed by atoms with Crippen molar-refractivity contribution < 1.29 is 9.53 Å².